The molecule has 0 radical (unpaired) electrons. The minimum absolute atomic E-state index is 0.197. The number of aliphatic hydroxyl groups is 1. The smallest absolute Gasteiger partial charge is 0.317 e. The van der Waals surface area contributed by atoms with E-state index in [-0.39, 0.29) is 12.6 Å². The molecular weight excluding hydrogens is 296 g/mol. The van der Waals surface area contributed by atoms with E-state index in [1.807, 2.05) is 24.3 Å². The van der Waals surface area contributed by atoms with Gasteiger partial charge in [-0.2, -0.15) is 0 Å². The molecule has 0 saturated carbocycles. The molecule has 0 heterocycles. The number of likely N-dealkylation sites (N-methyl/N-ethyl adjacent to an activating group) is 1. The van der Waals surface area contributed by atoms with E-state index in [1.165, 1.54) is 4.90 Å². The Bertz CT molecular complexity index is 416. The number of benzene rings is 1. The average Bonchev–Trinajstić information content (AvgIpc) is 2.23. The summed E-state index contributed by atoms with van der Waals surface area (Å²) in [6.45, 7) is 4.10. The number of halogens is 1. The maximum absolute atomic E-state index is 11.8. The highest BCUT2D eigenvalue weighted by Crippen LogP contribution is 2.11. The Morgan fingerprint density at radius 1 is 1.50 bits per heavy atom. The summed E-state index contributed by atoms with van der Waals surface area (Å²) >= 11 is 3.38. The van der Waals surface area contributed by atoms with Crippen molar-refractivity contribution >= 4 is 22.0 Å². The SMILES string of the molecule is CN(CC(C)(C)O)C(=O)NCc1cccc(Br)c1. The molecule has 0 aromatic heterocycles. The molecule has 0 spiro atoms. The van der Waals surface area contributed by atoms with E-state index >= 15 is 0 Å². The molecule has 1 aromatic carbocycles. The Kier molecular flexibility index (Phi) is 5.16. The van der Waals surface area contributed by atoms with Crippen molar-refractivity contribution in [2.24, 2.45) is 0 Å². The maximum Gasteiger partial charge on any atom is 0.317 e. The van der Waals surface area contributed by atoms with Gasteiger partial charge >= 0.3 is 6.03 Å². The molecule has 0 aliphatic heterocycles. The number of hydrogen-bond donors (Lipinski definition) is 2. The fraction of sp³-hybridized carbons (Fsp3) is 0.462. The normalized spacial score (nSPS) is 11.2. The van der Waals surface area contributed by atoms with Gasteiger partial charge in [-0.15, -0.1) is 0 Å². The van der Waals surface area contributed by atoms with Crippen LogP contribution in [0.4, 0.5) is 4.79 Å². The van der Waals surface area contributed by atoms with Crippen LogP contribution in [0.5, 0.6) is 0 Å². The highest BCUT2D eigenvalue weighted by molar-refractivity contribution is 9.10. The van der Waals surface area contributed by atoms with Gasteiger partial charge < -0.3 is 15.3 Å². The molecule has 4 nitrogen and oxygen atoms in total. The minimum atomic E-state index is -0.887. The van der Waals surface area contributed by atoms with Crippen LogP contribution in [0.15, 0.2) is 28.7 Å². The molecule has 0 saturated heterocycles. The lowest BCUT2D eigenvalue weighted by atomic mass is 10.1. The number of carbonyl (C=O) groups excluding carboxylic acids is 1. The number of hydrogen-bond acceptors (Lipinski definition) is 2. The summed E-state index contributed by atoms with van der Waals surface area (Å²) in [7, 11) is 1.66. The van der Waals surface area contributed by atoms with Gasteiger partial charge in [0.1, 0.15) is 0 Å². The first-order valence-corrected chi connectivity index (χ1v) is 6.53. The van der Waals surface area contributed by atoms with Crippen molar-refractivity contribution in [3.63, 3.8) is 0 Å². The van der Waals surface area contributed by atoms with Gasteiger partial charge in [0.25, 0.3) is 0 Å². The summed E-state index contributed by atoms with van der Waals surface area (Å²) < 4.78 is 0.985. The van der Waals surface area contributed by atoms with E-state index in [4.69, 9.17) is 0 Å². The largest absolute Gasteiger partial charge is 0.389 e. The summed E-state index contributed by atoms with van der Waals surface area (Å²) in [4.78, 5) is 13.2. The van der Waals surface area contributed by atoms with Crippen molar-refractivity contribution in [1.82, 2.24) is 10.2 Å². The molecule has 2 N–H and O–H groups in total. The van der Waals surface area contributed by atoms with Crippen molar-refractivity contribution in [1.29, 1.82) is 0 Å². The van der Waals surface area contributed by atoms with E-state index < -0.39 is 5.60 Å². The quantitative estimate of drug-likeness (QED) is 0.896. The Balaban J connectivity index is 2.46. The maximum atomic E-state index is 11.8. The number of nitrogens with zero attached hydrogens (tertiary/aromatic N) is 1. The van der Waals surface area contributed by atoms with Crippen LogP contribution in [0.3, 0.4) is 0 Å². The third-order valence-electron chi connectivity index (χ3n) is 2.30. The lowest BCUT2D eigenvalue weighted by molar-refractivity contribution is 0.0531. The molecule has 5 heteroatoms. The van der Waals surface area contributed by atoms with Gasteiger partial charge in [0.05, 0.1) is 12.1 Å². The summed E-state index contributed by atoms with van der Waals surface area (Å²) in [5.41, 5.74) is 0.136. The van der Waals surface area contributed by atoms with E-state index in [2.05, 4.69) is 21.2 Å². The van der Waals surface area contributed by atoms with Crippen LogP contribution in [0.25, 0.3) is 0 Å². The molecule has 0 aliphatic rings. The molecule has 0 bridgehead atoms. The van der Waals surface area contributed by atoms with Crippen LogP contribution in [0.1, 0.15) is 19.4 Å². The van der Waals surface area contributed by atoms with E-state index in [1.54, 1.807) is 20.9 Å². The molecule has 1 rings (SSSR count). The van der Waals surface area contributed by atoms with Crippen LogP contribution >= 0.6 is 15.9 Å². The molecular formula is C13H19BrN2O2. The lowest BCUT2D eigenvalue weighted by Gasteiger charge is -2.25. The number of carbonyl (C=O) groups is 1. The van der Waals surface area contributed by atoms with Gasteiger partial charge in [-0.1, -0.05) is 28.1 Å². The van der Waals surface area contributed by atoms with Crippen molar-refractivity contribution < 1.29 is 9.90 Å². The van der Waals surface area contributed by atoms with E-state index in [0.717, 1.165) is 10.0 Å². The number of nitrogens with one attached hydrogen (secondary N) is 1. The molecule has 0 atom stereocenters. The fourth-order valence-corrected chi connectivity index (χ4v) is 2.06. The molecule has 2 amide bonds. The standard InChI is InChI=1S/C13H19BrN2O2/c1-13(2,18)9-16(3)12(17)15-8-10-5-4-6-11(14)7-10/h4-7,18H,8-9H2,1-3H3,(H,15,17). The second-order valence-corrected chi connectivity index (χ2v) is 5.87. The van der Waals surface area contributed by atoms with Gasteiger partial charge in [-0.05, 0) is 31.5 Å². The highest BCUT2D eigenvalue weighted by Gasteiger charge is 2.18. The van der Waals surface area contributed by atoms with E-state index in [0.29, 0.717) is 6.54 Å². The summed E-state index contributed by atoms with van der Waals surface area (Å²) in [6.07, 6.45) is 0. The van der Waals surface area contributed by atoms with Gasteiger partial charge in [-0.25, -0.2) is 4.79 Å². The third kappa shape index (κ3) is 5.51. The van der Waals surface area contributed by atoms with Crippen molar-refractivity contribution in [2.75, 3.05) is 13.6 Å². The zero-order valence-electron chi connectivity index (χ0n) is 10.9. The first-order valence-electron chi connectivity index (χ1n) is 5.74. The Morgan fingerprint density at radius 3 is 2.72 bits per heavy atom. The molecule has 1 aromatic rings. The molecule has 18 heavy (non-hydrogen) atoms. The first kappa shape index (κ1) is 15.0. The second-order valence-electron chi connectivity index (χ2n) is 4.96. The van der Waals surface area contributed by atoms with Crippen LogP contribution in [0.2, 0.25) is 0 Å². The van der Waals surface area contributed by atoms with Crippen LogP contribution in [0, 0.1) is 0 Å². The molecule has 0 aliphatic carbocycles. The zero-order valence-corrected chi connectivity index (χ0v) is 12.5. The minimum Gasteiger partial charge on any atom is -0.389 e. The van der Waals surface area contributed by atoms with Gasteiger partial charge in [0.15, 0.2) is 0 Å². The summed E-state index contributed by atoms with van der Waals surface area (Å²) in [5, 5.41) is 12.4. The van der Waals surface area contributed by atoms with Crippen molar-refractivity contribution in [3.8, 4) is 0 Å². The Morgan fingerprint density at radius 2 is 2.17 bits per heavy atom. The van der Waals surface area contributed by atoms with Crippen LogP contribution < -0.4 is 5.32 Å². The third-order valence-corrected chi connectivity index (χ3v) is 2.80. The summed E-state index contributed by atoms with van der Waals surface area (Å²) in [5.74, 6) is 0. The first-order chi connectivity index (χ1) is 8.28. The average molecular weight is 315 g/mol. The van der Waals surface area contributed by atoms with Gasteiger partial charge in [0, 0.05) is 18.1 Å². The number of rotatable bonds is 4. The monoisotopic (exact) mass is 314 g/mol. The lowest BCUT2D eigenvalue weighted by Crippen LogP contribution is -2.44. The topological polar surface area (TPSA) is 52.6 Å². The van der Waals surface area contributed by atoms with E-state index in [9.17, 15) is 9.90 Å². The Labute approximate surface area is 116 Å². The van der Waals surface area contributed by atoms with Crippen molar-refractivity contribution in [2.45, 2.75) is 26.0 Å². The molecule has 0 unspecified atom stereocenters. The summed E-state index contributed by atoms with van der Waals surface area (Å²) in [6, 6.07) is 7.56. The number of urea groups is 1. The molecule has 100 valence electrons. The Hall–Kier alpha value is -1.07. The van der Waals surface area contributed by atoms with Gasteiger partial charge in [-0.3, -0.25) is 0 Å². The molecule has 0 fully saturated rings. The predicted molar refractivity (Wildman–Crippen MR) is 75.3 cm³/mol. The zero-order chi connectivity index (χ0) is 13.8. The fourth-order valence-electron chi connectivity index (χ4n) is 1.61. The van der Waals surface area contributed by atoms with Crippen LogP contribution in [-0.2, 0) is 6.54 Å². The number of amides is 2. The van der Waals surface area contributed by atoms with Gasteiger partial charge in [0.2, 0.25) is 0 Å². The highest BCUT2D eigenvalue weighted by atomic mass is 79.9. The van der Waals surface area contributed by atoms with Crippen LogP contribution in [-0.4, -0.2) is 35.2 Å². The second kappa shape index (κ2) is 6.20. The van der Waals surface area contributed by atoms with Crippen molar-refractivity contribution in [3.05, 3.63) is 34.3 Å². The predicted octanol–water partition coefficient (Wildman–Crippen LogP) is 2.36.